The number of aryl methyl sites for hydroxylation is 1. The summed E-state index contributed by atoms with van der Waals surface area (Å²) in [7, 11) is 0. The quantitative estimate of drug-likeness (QED) is 0.802. The van der Waals surface area contributed by atoms with Gasteiger partial charge in [-0.25, -0.2) is 0 Å². The van der Waals surface area contributed by atoms with Crippen LogP contribution < -0.4 is 10.5 Å². The van der Waals surface area contributed by atoms with Crippen LogP contribution in [0.15, 0.2) is 42.5 Å². The molecule has 0 bridgehead atoms. The number of rotatable bonds is 3. The van der Waals surface area contributed by atoms with Crippen molar-refractivity contribution in [2.24, 2.45) is 0 Å². The van der Waals surface area contributed by atoms with Crippen LogP contribution in [0, 0.1) is 0 Å². The number of anilines is 1. The first kappa shape index (κ1) is 14.4. The van der Waals surface area contributed by atoms with E-state index in [9.17, 15) is 0 Å². The van der Waals surface area contributed by atoms with Crippen LogP contribution in [0.1, 0.15) is 38.8 Å². The third-order valence-corrected chi connectivity index (χ3v) is 3.37. The summed E-state index contributed by atoms with van der Waals surface area (Å²) >= 11 is 0. The van der Waals surface area contributed by atoms with Crippen LogP contribution in [-0.4, -0.2) is 0 Å². The van der Waals surface area contributed by atoms with Crippen LogP contribution in [0.4, 0.5) is 5.69 Å². The molecule has 2 N–H and O–H groups in total. The van der Waals surface area contributed by atoms with E-state index in [0.717, 1.165) is 23.6 Å². The molecule has 106 valence electrons. The van der Waals surface area contributed by atoms with Gasteiger partial charge in [0.2, 0.25) is 0 Å². The van der Waals surface area contributed by atoms with Gasteiger partial charge in [0.1, 0.15) is 11.5 Å². The minimum Gasteiger partial charge on any atom is -0.457 e. The number of nitrogen functional groups attached to an aromatic ring is 1. The van der Waals surface area contributed by atoms with Crippen LogP contribution in [-0.2, 0) is 11.8 Å². The highest BCUT2D eigenvalue weighted by Gasteiger charge is 2.19. The van der Waals surface area contributed by atoms with Gasteiger partial charge in [-0.3, -0.25) is 0 Å². The third-order valence-electron chi connectivity index (χ3n) is 3.37. The number of benzene rings is 2. The first-order valence-corrected chi connectivity index (χ1v) is 7.07. The average molecular weight is 269 g/mol. The van der Waals surface area contributed by atoms with Crippen LogP contribution in [0.2, 0.25) is 0 Å². The summed E-state index contributed by atoms with van der Waals surface area (Å²) in [6.45, 7) is 8.79. The molecule has 2 rings (SSSR count). The summed E-state index contributed by atoms with van der Waals surface area (Å²) in [6.07, 6.45) is 1.03. The predicted molar refractivity (Wildman–Crippen MR) is 85.4 cm³/mol. The van der Waals surface area contributed by atoms with Gasteiger partial charge in [0.15, 0.2) is 0 Å². The Balaban J connectivity index is 2.38. The molecule has 0 saturated carbocycles. The highest BCUT2D eigenvalue weighted by Crippen LogP contribution is 2.35. The lowest BCUT2D eigenvalue weighted by atomic mass is 9.85. The predicted octanol–water partition coefficient (Wildman–Crippen LogP) is 4.92. The van der Waals surface area contributed by atoms with E-state index in [4.69, 9.17) is 10.5 Å². The lowest BCUT2D eigenvalue weighted by molar-refractivity contribution is 0.455. The van der Waals surface area contributed by atoms with Crippen LogP contribution in [0.3, 0.4) is 0 Å². The van der Waals surface area contributed by atoms with E-state index in [0.29, 0.717) is 0 Å². The molecule has 20 heavy (non-hydrogen) atoms. The first-order valence-electron chi connectivity index (χ1n) is 7.07. The molecule has 0 fully saturated rings. The number of hydrogen-bond donors (Lipinski definition) is 1. The molecule has 0 unspecified atom stereocenters. The molecule has 0 aliphatic carbocycles. The number of nitrogens with two attached hydrogens (primary N) is 1. The molecule has 2 aromatic rings. The normalized spacial score (nSPS) is 11.4. The molecular formula is C18H23NO. The Bertz CT molecular complexity index is 579. The Morgan fingerprint density at radius 3 is 2.20 bits per heavy atom. The van der Waals surface area contributed by atoms with Gasteiger partial charge >= 0.3 is 0 Å². The number of hydrogen-bond acceptors (Lipinski definition) is 2. The fourth-order valence-corrected chi connectivity index (χ4v) is 2.13. The zero-order valence-corrected chi connectivity index (χ0v) is 12.7. The molecule has 2 heteroatoms. The zero-order valence-electron chi connectivity index (χ0n) is 12.7. The van der Waals surface area contributed by atoms with E-state index < -0.39 is 0 Å². The molecule has 0 spiro atoms. The minimum atomic E-state index is 0.0499. The maximum atomic E-state index is 6.03. The highest BCUT2D eigenvalue weighted by molar-refractivity contribution is 5.46. The molecule has 0 aliphatic heterocycles. The Labute approximate surface area is 121 Å². The second kappa shape index (κ2) is 5.58. The van der Waals surface area contributed by atoms with Crippen LogP contribution in [0.5, 0.6) is 11.5 Å². The van der Waals surface area contributed by atoms with Gasteiger partial charge in [0, 0.05) is 11.3 Å². The van der Waals surface area contributed by atoms with Crippen molar-refractivity contribution in [3.05, 3.63) is 53.6 Å². The van der Waals surface area contributed by atoms with Gasteiger partial charge in [0.05, 0.1) is 0 Å². The van der Waals surface area contributed by atoms with Crippen LogP contribution >= 0.6 is 0 Å². The maximum absolute atomic E-state index is 6.03. The van der Waals surface area contributed by atoms with Gasteiger partial charge in [-0.05, 0) is 47.7 Å². The van der Waals surface area contributed by atoms with Crippen molar-refractivity contribution in [3.8, 4) is 11.5 Å². The Morgan fingerprint density at radius 2 is 1.65 bits per heavy atom. The molecule has 0 heterocycles. The van der Waals surface area contributed by atoms with E-state index in [1.807, 2.05) is 24.3 Å². The zero-order chi connectivity index (χ0) is 14.8. The molecular weight excluding hydrogens is 246 g/mol. The molecule has 2 nitrogen and oxygen atoms in total. The highest BCUT2D eigenvalue weighted by atomic mass is 16.5. The van der Waals surface area contributed by atoms with Crippen molar-refractivity contribution in [1.82, 2.24) is 0 Å². The van der Waals surface area contributed by atoms with E-state index >= 15 is 0 Å². The second-order valence-corrected chi connectivity index (χ2v) is 6.11. The van der Waals surface area contributed by atoms with E-state index in [2.05, 4.69) is 45.9 Å². The van der Waals surface area contributed by atoms with E-state index in [1.54, 1.807) is 0 Å². The van der Waals surface area contributed by atoms with Gasteiger partial charge in [-0.1, -0.05) is 39.8 Å². The maximum Gasteiger partial charge on any atom is 0.131 e. The fraction of sp³-hybridized carbons (Fsp3) is 0.333. The summed E-state index contributed by atoms with van der Waals surface area (Å²) in [5, 5.41) is 0. The Hall–Kier alpha value is -1.96. The SMILES string of the molecule is CCc1ccc(Oc2ccc(N)cc2)c(C(C)(C)C)c1. The van der Waals surface area contributed by atoms with Crippen molar-refractivity contribution in [2.75, 3.05) is 5.73 Å². The van der Waals surface area contributed by atoms with Gasteiger partial charge in [0.25, 0.3) is 0 Å². The summed E-state index contributed by atoms with van der Waals surface area (Å²) in [5.41, 5.74) is 9.06. The van der Waals surface area contributed by atoms with Crippen molar-refractivity contribution in [3.63, 3.8) is 0 Å². The minimum absolute atomic E-state index is 0.0499. The molecule has 2 aromatic carbocycles. The molecule has 0 radical (unpaired) electrons. The molecule has 0 aliphatic rings. The van der Waals surface area contributed by atoms with Crippen molar-refractivity contribution in [2.45, 2.75) is 39.5 Å². The lowest BCUT2D eigenvalue weighted by Crippen LogP contribution is -2.13. The van der Waals surface area contributed by atoms with Crippen molar-refractivity contribution < 1.29 is 4.74 Å². The smallest absolute Gasteiger partial charge is 0.131 e. The van der Waals surface area contributed by atoms with Gasteiger partial charge in [-0.15, -0.1) is 0 Å². The largest absolute Gasteiger partial charge is 0.457 e. The van der Waals surface area contributed by atoms with E-state index in [-0.39, 0.29) is 5.41 Å². The first-order chi connectivity index (χ1) is 9.40. The molecule has 0 atom stereocenters. The summed E-state index contributed by atoms with van der Waals surface area (Å²) < 4.78 is 6.03. The third kappa shape index (κ3) is 3.32. The fourth-order valence-electron chi connectivity index (χ4n) is 2.13. The van der Waals surface area contributed by atoms with Gasteiger partial charge < -0.3 is 10.5 Å². The van der Waals surface area contributed by atoms with Gasteiger partial charge in [-0.2, -0.15) is 0 Å². The van der Waals surface area contributed by atoms with Crippen molar-refractivity contribution >= 4 is 5.69 Å². The summed E-state index contributed by atoms with van der Waals surface area (Å²) in [5.74, 6) is 1.73. The molecule has 0 saturated heterocycles. The Morgan fingerprint density at radius 1 is 1.00 bits per heavy atom. The Kier molecular flexibility index (Phi) is 4.03. The van der Waals surface area contributed by atoms with Crippen LogP contribution in [0.25, 0.3) is 0 Å². The summed E-state index contributed by atoms with van der Waals surface area (Å²) in [4.78, 5) is 0. The summed E-state index contributed by atoms with van der Waals surface area (Å²) in [6, 6.07) is 13.9. The van der Waals surface area contributed by atoms with Crippen molar-refractivity contribution in [1.29, 1.82) is 0 Å². The number of ether oxygens (including phenoxy) is 1. The molecule has 0 aromatic heterocycles. The monoisotopic (exact) mass is 269 g/mol. The average Bonchev–Trinajstić information content (AvgIpc) is 2.40. The lowest BCUT2D eigenvalue weighted by Gasteiger charge is -2.23. The second-order valence-electron chi connectivity index (χ2n) is 6.11. The standard InChI is InChI=1S/C18H23NO/c1-5-13-6-11-17(16(12-13)18(2,3)4)20-15-9-7-14(19)8-10-15/h6-12H,5,19H2,1-4H3. The topological polar surface area (TPSA) is 35.2 Å². The van der Waals surface area contributed by atoms with E-state index in [1.165, 1.54) is 11.1 Å². The molecule has 0 amide bonds.